The van der Waals surface area contributed by atoms with Gasteiger partial charge in [0.25, 0.3) is 10.0 Å². The highest BCUT2D eigenvalue weighted by Crippen LogP contribution is 2.41. The maximum absolute atomic E-state index is 12.4. The molecule has 1 N–H and O–H groups in total. The van der Waals surface area contributed by atoms with Gasteiger partial charge in [-0.1, -0.05) is 17.7 Å². The summed E-state index contributed by atoms with van der Waals surface area (Å²) in [5.41, 5.74) is 0.480. The van der Waals surface area contributed by atoms with Crippen molar-refractivity contribution >= 4 is 43.0 Å². The Bertz CT molecular complexity index is 760. The lowest BCUT2D eigenvalue weighted by molar-refractivity contribution is 0.559. The molecule has 102 valence electrons. The third-order valence-electron chi connectivity index (χ3n) is 3.48. The number of benzene rings is 1. The first kappa shape index (κ1) is 13.4. The lowest BCUT2D eigenvalue weighted by atomic mass is 10.2. The van der Waals surface area contributed by atoms with Crippen LogP contribution in [0.25, 0.3) is 10.1 Å². The second-order valence-corrected chi connectivity index (χ2v) is 8.63. The van der Waals surface area contributed by atoms with Crippen LogP contribution >= 0.6 is 22.9 Å². The Labute approximate surface area is 121 Å². The lowest BCUT2D eigenvalue weighted by Crippen LogP contribution is -2.34. The molecule has 6 heteroatoms. The number of hydrogen-bond donors (Lipinski definition) is 1. The molecule has 0 atom stereocenters. The molecule has 0 aliphatic heterocycles. The first-order valence-electron chi connectivity index (χ1n) is 6.04. The van der Waals surface area contributed by atoms with E-state index in [2.05, 4.69) is 4.72 Å². The quantitative estimate of drug-likeness (QED) is 0.939. The number of halogens is 1. The average molecular weight is 316 g/mol. The zero-order valence-corrected chi connectivity index (χ0v) is 13.0. The molecule has 0 spiro atoms. The van der Waals surface area contributed by atoms with E-state index in [1.165, 1.54) is 11.3 Å². The van der Waals surface area contributed by atoms with Gasteiger partial charge in [-0.3, -0.25) is 0 Å². The molecular weight excluding hydrogens is 302 g/mol. The van der Waals surface area contributed by atoms with Gasteiger partial charge >= 0.3 is 0 Å². The summed E-state index contributed by atoms with van der Waals surface area (Å²) >= 11 is 7.44. The fourth-order valence-electron chi connectivity index (χ4n) is 2.15. The Hall–Kier alpha value is -0.620. The highest BCUT2D eigenvalue weighted by Gasteiger charge is 2.42. The van der Waals surface area contributed by atoms with Crippen molar-refractivity contribution in [2.75, 3.05) is 0 Å². The molecular formula is C13H14ClNO2S2. The maximum atomic E-state index is 12.4. The van der Waals surface area contributed by atoms with Crippen LogP contribution in [0, 0.1) is 6.92 Å². The van der Waals surface area contributed by atoms with Gasteiger partial charge in [0.2, 0.25) is 0 Å². The standard InChI is InChI=1S/C13H14ClNO2S2/c1-8-11-9(14)4-3-5-10(11)18-12(8)19(16,17)15-13(2)6-7-13/h3-5,15H,6-7H2,1-2H3. The van der Waals surface area contributed by atoms with Crippen LogP contribution in [-0.4, -0.2) is 14.0 Å². The molecule has 1 saturated carbocycles. The summed E-state index contributed by atoms with van der Waals surface area (Å²) in [7, 11) is -3.45. The van der Waals surface area contributed by atoms with Gasteiger partial charge in [-0.25, -0.2) is 13.1 Å². The first-order valence-corrected chi connectivity index (χ1v) is 8.72. The van der Waals surface area contributed by atoms with Crippen LogP contribution in [0.2, 0.25) is 5.02 Å². The molecule has 1 fully saturated rings. The van der Waals surface area contributed by atoms with Gasteiger partial charge < -0.3 is 0 Å². The van der Waals surface area contributed by atoms with Crippen LogP contribution in [0.5, 0.6) is 0 Å². The molecule has 1 aliphatic carbocycles. The Balaban J connectivity index is 2.15. The van der Waals surface area contributed by atoms with Crippen LogP contribution in [-0.2, 0) is 10.0 Å². The van der Waals surface area contributed by atoms with E-state index >= 15 is 0 Å². The molecule has 3 rings (SSSR count). The Morgan fingerprint density at radius 1 is 1.37 bits per heavy atom. The molecule has 0 radical (unpaired) electrons. The summed E-state index contributed by atoms with van der Waals surface area (Å²) in [6.45, 7) is 3.74. The first-order chi connectivity index (χ1) is 8.82. The van der Waals surface area contributed by atoms with Crippen molar-refractivity contribution in [3.05, 3.63) is 28.8 Å². The number of aryl methyl sites for hydroxylation is 1. The topological polar surface area (TPSA) is 46.2 Å². The van der Waals surface area contributed by atoms with E-state index < -0.39 is 10.0 Å². The van der Waals surface area contributed by atoms with Crippen LogP contribution < -0.4 is 4.72 Å². The van der Waals surface area contributed by atoms with Crippen LogP contribution in [0.15, 0.2) is 22.4 Å². The largest absolute Gasteiger partial charge is 0.250 e. The Morgan fingerprint density at radius 3 is 2.63 bits per heavy atom. The number of rotatable bonds is 3. The minimum Gasteiger partial charge on any atom is -0.206 e. The zero-order valence-electron chi connectivity index (χ0n) is 10.7. The molecule has 1 aromatic heterocycles. The number of thiophene rings is 1. The van der Waals surface area contributed by atoms with Crippen molar-refractivity contribution in [2.45, 2.75) is 36.4 Å². The van der Waals surface area contributed by atoms with E-state index in [0.717, 1.165) is 28.5 Å². The van der Waals surface area contributed by atoms with E-state index in [0.29, 0.717) is 9.23 Å². The Kier molecular flexibility index (Phi) is 2.94. The van der Waals surface area contributed by atoms with Crippen LogP contribution in [0.1, 0.15) is 25.3 Å². The normalized spacial score (nSPS) is 17.8. The van der Waals surface area contributed by atoms with Gasteiger partial charge in [-0.15, -0.1) is 11.3 Å². The van der Waals surface area contributed by atoms with Crippen molar-refractivity contribution < 1.29 is 8.42 Å². The van der Waals surface area contributed by atoms with E-state index in [1.54, 1.807) is 6.07 Å². The second-order valence-electron chi connectivity index (χ2n) is 5.29. The maximum Gasteiger partial charge on any atom is 0.250 e. The fraction of sp³-hybridized carbons (Fsp3) is 0.385. The monoisotopic (exact) mass is 315 g/mol. The summed E-state index contributed by atoms with van der Waals surface area (Å²) < 4.78 is 29.0. The molecule has 1 aliphatic rings. The Morgan fingerprint density at radius 2 is 2.05 bits per heavy atom. The molecule has 2 aromatic rings. The number of hydrogen-bond acceptors (Lipinski definition) is 3. The minimum absolute atomic E-state index is 0.259. The van der Waals surface area contributed by atoms with Gasteiger partial charge in [-0.2, -0.15) is 0 Å². The fourth-order valence-corrected chi connectivity index (χ4v) is 5.77. The molecule has 0 amide bonds. The third-order valence-corrected chi connectivity index (χ3v) is 7.31. The molecule has 0 bridgehead atoms. The van der Waals surface area contributed by atoms with E-state index in [-0.39, 0.29) is 5.54 Å². The predicted octanol–water partition coefficient (Wildman–Crippen LogP) is 3.69. The molecule has 0 saturated heterocycles. The molecule has 1 heterocycles. The van der Waals surface area contributed by atoms with Crippen LogP contribution in [0.4, 0.5) is 0 Å². The number of nitrogens with one attached hydrogen (secondary N) is 1. The summed E-state index contributed by atoms with van der Waals surface area (Å²) in [6, 6.07) is 5.53. The third kappa shape index (κ3) is 2.29. The van der Waals surface area contributed by atoms with Crippen molar-refractivity contribution in [3.8, 4) is 0 Å². The number of sulfonamides is 1. The van der Waals surface area contributed by atoms with Crippen molar-refractivity contribution in [1.29, 1.82) is 0 Å². The lowest BCUT2D eigenvalue weighted by Gasteiger charge is -2.11. The molecule has 3 nitrogen and oxygen atoms in total. The van der Waals surface area contributed by atoms with E-state index in [9.17, 15) is 8.42 Å². The summed E-state index contributed by atoms with van der Waals surface area (Å²) in [4.78, 5) is 0. The second kappa shape index (κ2) is 4.19. The number of fused-ring (bicyclic) bond motifs is 1. The smallest absolute Gasteiger partial charge is 0.206 e. The summed E-state index contributed by atoms with van der Waals surface area (Å²) in [5, 5.41) is 1.45. The van der Waals surface area contributed by atoms with Gasteiger partial charge in [-0.05, 0) is 44.4 Å². The predicted molar refractivity (Wildman–Crippen MR) is 79.5 cm³/mol. The van der Waals surface area contributed by atoms with Crippen LogP contribution in [0.3, 0.4) is 0 Å². The van der Waals surface area contributed by atoms with E-state index in [1.807, 2.05) is 26.0 Å². The van der Waals surface area contributed by atoms with Gasteiger partial charge in [0.1, 0.15) is 4.21 Å². The average Bonchev–Trinajstić information content (AvgIpc) is 2.89. The van der Waals surface area contributed by atoms with Crippen molar-refractivity contribution in [1.82, 2.24) is 4.72 Å². The van der Waals surface area contributed by atoms with Gasteiger partial charge in [0.15, 0.2) is 0 Å². The highest BCUT2D eigenvalue weighted by atomic mass is 35.5. The summed E-state index contributed by atoms with van der Waals surface area (Å²) in [5.74, 6) is 0. The van der Waals surface area contributed by atoms with Gasteiger partial charge in [0, 0.05) is 20.6 Å². The highest BCUT2D eigenvalue weighted by molar-refractivity contribution is 7.91. The van der Waals surface area contributed by atoms with Gasteiger partial charge in [0.05, 0.1) is 0 Å². The molecule has 19 heavy (non-hydrogen) atoms. The van der Waals surface area contributed by atoms with Crippen molar-refractivity contribution in [3.63, 3.8) is 0 Å². The molecule has 1 aromatic carbocycles. The SMILES string of the molecule is Cc1c(S(=O)(=O)NC2(C)CC2)sc2cccc(Cl)c12. The zero-order chi connectivity index (χ0) is 13.8. The minimum atomic E-state index is -3.45. The van der Waals surface area contributed by atoms with Crippen molar-refractivity contribution in [2.24, 2.45) is 0 Å². The summed E-state index contributed by atoms with van der Waals surface area (Å²) in [6.07, 6.45) is 1.80. The molecule has 0 unspecified atom stereocenters. The van der Waals surface area contributed by atoms with E-state index in [4.69, 9.17) is 11.6 Å².